The highest BCUT2D eigenvalue weighted by atomic mass is 16.5. The second kappa shape index (κ2) is 9.35. The van der Waals surface area contributed by atoms with E-state index in [0.717, 1.165) is 58.9 Å². The molecule has 0 aromatic heterocycles. The van der Waals surface area contributed by atoms with E-state index >= 15 is 0 Å². The molecule has 0 aromatic carbocycles. The van der Waals surface area contributed by atoms with Gasteiger partial charge in [0.2, 0.25) is 0 Å². The molecule has 0 spiro atoms. The summed E-state index contributed by atoms with van der Waals surface area (Å²) in [4.78, 5) is 20.3. The van der Waals surface area contributed by atoms with Crippen molar-refractivity contribution in [3.8, 4) is 0 Å². The molecule has 0 N–H and O–H groups in total. The number of ether oxygens (including phenoxy) is 1. The number of nitrogens with zero attached hydrogens (tertiary/aromatic N) is 4. The van der Waals surface area contributed by atoms with Crippen LogP contribution in [0.2, 0.25) is 0 Å². The molecule has 122 valence electrons. The van der Waals surface area contributed by atoms with Crippen LogP contribution in [0.25, 0.3) is 0 Å². The van der Waals surface area contributed by atoms with Gasteiger partial charge in [-0.15, -0.1) is 0 Å². The maximum atomic E-state index is 10.4. The molecule has 6 heteroatoms. The maximum absolute atomic E-state index is 10.4. The molecule has 2 fully saturated rings. The lowest BCUT2D eigenvalue weighted by Crippen LogP contribution is -2.48. The summed E-state index contributed by atoms with van der Waals surface area (Å²) >= 11 is 0. The lowest BCUT2D eigenvalue weighted by molar-refractivity contribution is -0.133. The van der Waals surface area contributed by atoms with E-state index in [1.165, 1.54) is 19.5 Å². The Labute approximate surface area is 128 Å². The Balaban J connectivity index is 1.97. The quantitative estimate of drug-likeness (QED) is 0.667. The number of hydrogen-bond acceptors (Lipinski definition) is 6. The first-order valence-corrected chi connectivity index (χ1v) is 8.26. The van der Waals surface area contributed by atoms with Crippen molar-refractivity contribution in [2.45, 2.75) is 13.3 Å². The zero-order valence-corrected chi connectivity index (χ0v) is 13.4. The number of carbonyl (C=O) groups is 1. The van der Waals surface area contributed by atoms with Crippen LogP contribution in [0.4, 0.5) is 0 Å². The molecule has 0 saturated carbocycles. The Kier molecular flexibility index (Phi) is 7.43. The highest BCUT2D eigenvalue weighted by Gasteiger charge is 2.18. The molecule has 0 radical (unpaired) electrons. The predicted octanol–water partition coefficient (Wildman–Crippen LogP) is -0.238. The normalized spacial score (nSPS) is 30.1. The van der Waals surface area contributed by atoms with Crippen LogP contribution in [0.1, 0.15) is 13.3 Å². The fourth-order valence-electron chi connectivity index (χ4n) is 3.12. The van der Waals surface area contributed by atoms with Gasteiger partial charge >= 0.3 is 0 Å². The van der Waals surface area contributed by atoms with E-state index in [2.05, 4.69) is 26.5 Å². The molecule has 2 bridgehead atoms. The second-order valence-electron chi connectivity index (χ2n) is 5.98. The zero-order chi connectivity index (χ0) is 14.9. The van der Waals surface area contributed by atoms with Crippen LogP contribution in [-0.2, 0) is 9.53 Å². The monoisotopic (exact) mass is 298 g/mol. The Hall–Kier alpha value is -0.690. The van der Waals surface area contributed by atoms with E-state index in [1.54, 1.807) is 0 Å². The first-order valence-electron chi connectivity index (χ1n) is 8.26. The van der Waals surface area contributed by atoms with Crippen molar-refractivity contribution in [2.75, 3.05) is 78.7 Å². The van der Waals surface area contributed by atoms with E-state index in [-0.39, 0.29) is 0 Å². The molecule has 21 heavy (non-hydrogen) atoms. The third kappa shape index (κ3) is 5.90. The summed E-state index contributed by atoms with van der Waals surface area (Å²) < 4.78 is 4.95. The second-order valence-corrected chi connectivity index (χ2v) is 5.98. The van der Waals surface area contributed by atoms with Crippen molar-refractivity contribution in [3.63, 3.8) is 0 Å². The molecule has 0 aliphatic carbocycles. The van der Waals surface area contributed by atoms with Crippen molar-refractivity contribution in [1.29, 1.82) is 0 Å². The fraction of sp³-hybridized carbons (Fsp3) is 0.933. The van der Waals surface area contributed by atoms with Crippen molar-refractivity contribution >= 4 is 6.47 Å². The molecule has 2 atom stereocenters. The lowest BCUT2D eigenvalue weighted by Gasteiger charge is -2.36. The fourth-order valence-corrected chi connectivity index (χ4v) is 3.12. The third-order valence-electron chi connectivity index (χ3n) is 4.65. The van der Waals surface area contributed by atoms with Gasteiger partial charge in [0.15, 0.2) is 0 Å². The molecule has 2 aliphatic heterocycles. The van der Waals surface area contributed by atoms with Gasteiger partial charge < -0.3 is 19.4 Å². The Bertz CT molecular complexity index is 283. The number of hydrogen-bond donors (Lipinski definition) is 0. The Morgan fingerprint density at radius 1 is 0.810 bits per heavy atom. The van der Waals surface area contributed by atoms with Crippen LogP contribution >= 0.6 is 0 Å². The summed E-state index contributed by atoms with van der Waals surface area (Å²) in [6.45, 7) is 15.4. The van der Waals surface area contributed by atoms with Crippen LogP contribution < -0.4 is 0 Å². The van der Waals surface area contributed by atoms with E-state index in [0.29, 0.717) is 13.2 Å². The molecule has 6 nitrogen and oxygen atoms in total. The predicted molar refractivity (Wildman–Crippen MR) is 83.2 cm³/mol. The first-order chi connectivity index (χ1) is 10.3. The van der Waals surface area contributed by atoms with Crippen molar-refractivity contribution in [3.05, 3.63) is 0 Å². The minimum Gasteiger partial charge on any atom is -0.452 e. The highest BCUT2D eigenvalue weighted by molar-refractivity contribution is 5.36. The van der Waals surface area contributed by atoms with Gasteiger partial charge in [0.05, 0.1) is 0 Å². The minimum absolute atomic E-state index is 0.423. The summed E-state index contributed by atoms with van der Waals surface area (Å²) in [5.41, 5.74) is 0. The van der Waals surface area contributed by atoms with Crippen molar-refractivity contribution < 1.29 is 9.53 Å². The Morgan fingerprint density at radius 3 is 1.81 bits per heavy atom. The zero-order valence-electron chi connectivity index (χ0n) is 13.4. The van der Waals surface area contributed by atoms with Crippen LogP contribution in [0.5, 0.6) is 0 Å². The average molecular weight is 298 g/mol. The van der Waals surface area contributed by atoms with Crippen LogP contribution in [0, 0.1) is 0 Å². The SMILES string of the molecule is CCN1CCN2CCCN(CC1)CCN(COC=O)CC2. The summed E-state index contributed by atoms with van der Waals surface area (Å²) in [6, 6.07) is 0. The average Bonchev–Trinajstić information content (AvgIpc) is 2.52. The molecule has 0 aromatic rings. The molecule has 2 unspecified atom stereocenters. The molecule has 2 rings (SSSR count). The van der Waals surface area contributed by atoms with Gasteiger partial charge in [-0.1, -0.05) is 6.92 Å². The molecular weight excluding hydrogens is 268 g/mol. The highest BCUT2D eigenvalue weighted by Crippen LogP contribution is 2.05. The summed E-state index contributed by atoms with van der Waals surface area (Å²) in [5.74, 6) is 0. The number of carbonyl (C=O) groups excluding carboxylic acids is 1. The van der Waals surface area contributed by atoms with E-state index < -0.39 is 0 Å². The molecule has 0 amide bonds. The number of likely N-dealkylation sites (N-methyl/N-ethyl adjacent to an activating group) is 1. The van der Waals surface area contributed by atoms with E-state index in [4.69, 9.17) is 4.74 Å². The third-order valence-corrected chi connectivity index (χ3v) is 4.65. The van der Waals surface area contributed by atoms with Gasteiger partial charge in [-0.2, -0.15) is 0 Å². The molecule has 2 aliphatic rings. The van der Waals surface area contributed by atoms with Crippen LogP contribution in [-0.4, -0.2) is 105 Å². The van der Waals surface area contributed by atoms with E-state index in [9.17, 15) is 4.79 Å². The van der Waals surface area contributed by atoms with Gasteiger partial charge in [-0.3, -0.25) is 9.69 Å². The largest absolute Gasteiger partial charge is 0.452 e. The molecule has 2 saturated heterocycles. The topological polar surface area (TPSA) is 39.3 Å². The van der Waals surface area contributed by atoms with Gasteiger partial charge in [-0.25, -0.2) is 0 Å². The van der Waals surface area contributed by atoms with Crippen LogP contribution in [0.3, 0.4) is 0 Å². The Morgan fingerprint density at radius 2 is 1.33 bits per heavy atom. The minimum atomic E-state index is 0.423. The number of rotatable bonds is 4. The first kappa shape index (κ1) is 16.7. The van der Waals surface area contributed by atoms with Gasteiger partial charge in [0.1, 0.15) is 6.73 Å². The summed E-state index contributed by atoms with van der Waals surface area (Å²) in [6.07, 6.45) is 1.26. The van der Waals surface area contributed by atoms with Gasteiger partial charge in [-0.05, 0) is 26.1 Å². The number of fused-ring (bicyclic) bond motifs is 4. The smallest absolute Gasteiger partial charge is 0.294 e. The van der Waals surface area contributed by atoms with Crippen molar-refractivity contribution in [2.24, 2.45) is 0 Å². The molecule has 2 heterocycles. The maximum Gasteiger partial charge on any atom is 0.294 e. The van der Waals surface area contributed by atoms with Gasteiger partial charge in [0, 0.05) is 52.4 Å². The summed E-state index contributed by atoms with van der Waals surface area (Å²) in [7, 11) is 0. The van der Waals surface area contributed by atoms with Crippen molar-refractivity contribution in [1.82, 2.24) is 19.6 Å². The van der Waals surface area contributed by atoms with Gasteiger partial charge in [0.25, 0.3) is 6.47 Å². The summed E-state index contributed by atoms with van der Waals surface area (Å²) in [5, 5.41) is 0. The van der Waals surface area contributed by atoms with E-state index in [1.807, 2.05) is 0 Å². The molecular formula is C15H30N4O2. The van der Waals surface area contributed by atoms with Crippen LogP contribution in [0.15, 0.2) is 0 Å². The lowest BCUT2D eigenvalue weighted by atomic mass is 10.2. The standard InChI is InChI=1S/C15H30N4O2/c1-2-16-6-8-17-4-3-5-18(9-7-16)11-13-19(12-10-17)14-21-15-20/h15H,2-14H2,1H3.